The number of hydrogen-bond donors (Lipinski definition) is 1. The van der Waals surface area contributed by atoms with Crippen LogP contribution in [0.2, 0.25) is 0 Å². The third-order valence-corrected chi connectivity index (χ3v) is 6.79. The highest BCUT2D eigenvalue weighted by Crippen LogP contribution is 2.31. The summed E-state index contributed by atoms with van der Waals surface area (Å²) in [5, 5.41) is 14.0. The quantitative estimate of drug-likeness (QED) is 0.352. The molecule has 0 bridgehead atoms. The number of tetrazole rings is 1. The van der Waals surface area contributed by atoms with Crippen molar-refractivity contribution in [3.63, 3.8) is 0 Å². The Kier molecular flexibility index (Phi) is 7.40. The number of nitrogens with zero attached hydrogens (tertiary/aromatic N) is 6. The van der Waals surface area contributed by atoms with E-state index in [2.05, 4.69) is 77.1 Å². The maximum Gasteiger partial charge on any atom is 0.252 e. The normalized spacial score (nSPS) is 13.0. The van der Waals surface area contributed by atoms with Gasteiger partial charge in [-0.05, 0) is 79.3 Å². The van der Waals surface area contributed by atoms with E-state index in [0.717, 1.165) is 52.7 Å². The van der Waals surface area contributed by atoms with Crippen LogP contribution in [-0.4, -0.2) is 35.1 Å². The minimum Gasteiger partial charge on any atom is -0.322 e. The average Bonchev–Trinajstić information content (AvgIpc) is 3.34. The van der Waals surface area contributed by atoms with Crippen LogP contribution in [0.4, 0.5) is 0 Å². The van der Waals surface area contributed by atoms with Crippen LogP contribution in [0, 0.1) is 6.92 Å². The highest BCUT2D eigenvalue weighted by Gasteiger charge is 2.31. The molecule has 0 aliphatic heterocycles. The number of pyridine rings is 2. The zero-order valence-corrected chi connectivity index (χ0v) is 21.3. The Morgan fingerprint density at radius 1 is 1.14 bits per heavy atom. The van der Waals surface area contributed by atoms with Gasteiger partial charge >= 0.3 is 0 Å². The van der Waals surface area contributed by atoms with E-state index in [4.69, 9.17) is 0 Å². The van der Waals surface area contributed by atoms with Crippen LogP contribution < -0.4 is 5.56 Å². The van der Waals surface area contributed by atoms with Crippen molar-refractivity contribution in [2.45, 2.75) is 78.6 Å². The van der Waals surface area contributed by atoms with Crippen molar-refractivity contribution in [1.29, 1.82) is 0 Å². The molecule has 1 aromatic carbocycles. The van der Waals surface area contributed by atoms with Gasteiger partial charge in [0.05, 0.1) is 11.6 Å². The molecular weight excluding hydrogens is 438 g/mol. The molecule has 1 N–H and O–H groups in total. The first-order valence-electron chi connectivity index (χ1n) is 12.4. The van der Waals surface area contributed by atoms with E-state index in [-0.39, 0.29) is 17.1 Å². The summed E-state index contributed by atoms with van der Waals surface area (Å²) >= 11 is 0. The van der Waals surface area contributed by atoms with Crippen LogP contribution in [0.3, 0.4) is 0 Å². The molecule has 0 aliphatic carbocycles. The van der Waals surface area contributed by atoms with Crippen LogP contribution in [0.15, 0.2) is 53.6 Å². The zero-order chi connectivity index (χ0) is 25.0. The van der Waals surface area contributed by atoms with E-state index in [1.807, 2.05) is 35.1 Å². The fourth-order valence-corrected chi connectivity index (χ4v) is 4.44. The maximum absolute atomic E-state index is 13.1. The van der Waals surface area contributed by atoms with Crippen molar-refractivity contribution in [1.82, 2.24) is 35.1 Å². The number of hydrogen-bond acceptors (Lipinski definition) is 6. The molecule has 0 spiro atoms. The molecule has 4 aromatic rings. The second-order valence-electron chi connectivity index (χ2n) is 9.90. The van der Waals surface area contributed by atoms with E-state index < -0.39 is 0 Å². The Labute approximate surface area is 206 Å². The summed E-state index contributed by atoms with van der Waals surface area (Å²) in [6.07, 6.45) is 6.38. The topological polar surface area (TPSA) is 92.6 Å². The summed E-state index contributed by atoms with van der Waals surface area (Å²) in [7, 11) is 0. The third kappa shape index (κ3) is 5.48. The summed E-state index contributed by atoms with van der Waals surface area (Å²) in [5.74, 6) is 0.829. The molecule has 8 nitrogen and oxygen atoms in total. The number of nitrogens with one attached hydrogen (secondary N) is 1. The van der Waals surface area contributed by atoms with Gasteiger partial charge in [-0.2, -0.15) is 0 Å². The molecule has 1 atom stereocenters. The first kappa shape index (κ1) is 24.7. The van der Waals surface area contributed by atoms with Crippen molar-refractivity contribution >= 4 is 10.9 Å². The summed E-state index contributed by atoms with van der Waals surface area (Å²) in [4.78, 5) is 22.8. The summed E-state index contributed by atoms with van der Waals surface area (Å²) in [6.45, 7) is 11.8. The number of aromatic nitrogens is 6. The Balaban J connectivity index is 1.79. The highest BCUT2D eigenvalue weighted by atomic mass is 16.1. The molecule has 8 heteroatoms. The highest BCUT2D eigenvalue weighted by molar-refractivity contribution is 5.79. The van der Waals surface area contributed by atoms with Gasteiger partial charge in [0.1, 0.15) is 0 Å². The monoisotopic (exact) mass is 473 g/mol. The van der Waals surface area contributed by atoms with E-state index >= 15 is 0 Å². The molecule has 3 aromatic heterocycles. The van der Waals surface area contributed by atoms with Crippen LogP contribution in [0.25, 0.3) is 10.9 Å². The van der Waals surface area contributed by atoms with Gasteiger partial charge < -0.3 is 4.98 Å². The number of H-pyrrole nitrogens is 1. The lowest BCUT2D eigenvalue weighted by Crippen LogP contribution is -2.36. The van der Waals surface area contributed by atoms with Crippen LogP contribution >= 0.6 is 0 Å². The van der Waals surface area contributed by atoms with Gasteiger partial charge in [0.2, 0.25) is 0 Å². The standard InChI is InChI=1S/C27H35N7O/c1-6-9-24(25-30-31-32-34(25)27(4,5)7-2)33(17-20-10-8-13-28-16-20)18-22-15-21-14-19(3)11-12-23(21)29-26(22)35/h8,10-16,24H,6-7,9,17-18H2,1-5H3,(H,29,35)/t24-/m0/s1. The molecule has 0 saturated heterocycles. The molecule has 184 valence electrons. The molecule has 0 unspecified atom stereocenters. The lowest BCUT2D eigenvalue weighted by molar-refractivity contribution is 0.145. The number of aromatic amines is 1. The fourth-order valence-electron chi connectivity index (χ4n) is 4.44. The molecule has 0 saturated carbocycles. The molecule has 3 heterocycles. The van der Waals surface area contributed by atoms with Crippen molar-refractivity contribution < 1.29 is 0 Å². The van der Waals surface area contributed by atoms with E-state index in [1.165, 1.54) is 0 Å². The third-order valence-electron chi connectivity index (χ3n) is 6.79. The number of fused-ring (bicyclic) bond motifs is 1. The minimum absolute atomic E-state index is 0.0614. The molecule has 4 rings (SSSR count). The summed E-state index contributed by atoms with van der Waals surface area (Å²) < 4.78 is 1.96. The van der Waals surface area contributed by atoms with Gasteiger partial charge in [-0.3, -0.25) is 14.7 Å². The SMILES string of the molecule is CCC[C@@H](c1nnnn1C(C)(C)CC)N(Cc1cccnc1)Cc1cc2cc(C)ccc2[nH]c1=O. The Hall–Kier alpha value is -3.39. The molecular formula is C27H35N7O. The van der Waals surface area contributed by atoms with Crippen molar-refractivity contribution in [2.24, 2.45) is 0 Å². The molecule has 0 aliphatic rings. The van der Waals surface area contributed by atoms with Crippen molar-refractivity contribution in [3.05, 3.63) is 81.7 Å². The summed E-state index contributed by atoms with van der Waals surface area (Å²) in [6, 6.07) is 12.0. The van der Waals surface area contributed by atoms with Crippen LogP contribution in [0.5, 0.6) is 0 Å². The van der Waals surface area contributed by atoms with Gasteiger partial charge in [0, 0.05) is 36.6 Å². The summed E-state index contributed by atoms with van der Waals surface area (Å²) in [5.41, 5.74) is 3.52. The van der Waals surface area contributed by atoms with Crippen molar-refractivity contribution in [2.75, 3.05) is 0 Å². The van der Waals surface area contributed by atoms with Crippen LogP contribution in [0.1, 0.15) is 75.5 Å². The fraction of sp³-hybridized carbons (Fsp3) is 0.444. The Morgan fingerprint density at radius 3 is 2.69 bits per heavy atom. The average molecular weight is 474 g/mol. The maximum atomic E-state index is 13.1. The number of benzene rings is 1. The van der Waals surface area contributed by atoms with E-state index in [1.54, 1.807) is 6.20 Å². The zero-order valence-electron chi connectivity index (χ0n) is 21.3. The smallest absolute Gasteiger partial charge is 0.252 e. The molecule has 0 fully saturated rings. The van der Waals surface area contributed by atoms with Gasteiger partial charge in [0.25, 0.3) is 5.56 Å². The van der Waals surface area contributed by atoms with Gasteiger partial charge in [0.15, 0.2) is 5.82 Å². The number of aryl methyl sites for hydroxylation is 1. The molecule has 0 amide bonds. The van der Waals surface area contributed by atoms with Crippen molar-refractivity contribution in [3.8, 4) is 0 Å². The Morgan fingerprint density at radius 2 is 1.97 bits per heavy atom. The number of rotatable bonds is 10. The van der Waals surface area contributed by atoms with Gasteiger partial charge in [-0.25, -0.2) is 4.68 Å². The second kappa shape index (κ2) is 10.5. The second-order valence-corrected chi connectivity index (χ2v) is 9.90. The lowest BCUT2D eigenvalue weighted by atomic mass is 10.0. The van der Waals surface area contributed by atoms with Gasteiger partial charge in [-0.1, -0.05) is 38.0 Å². The Bertz CT molecular complexity index is 1330. The van der Waals surface area contributed by atoms with E-state index in [0.29, 0.717) is 13.1 Å². The first-order valence-corrected chi connectivity index (χ1v) is 12.4. The van der Waals surface area contributed by atoms with Gasteiger partial charge in [-0.15, -0.1) is 5.10 Å². The molecule has 35 heavy (non-hydrogen) atoms. The van der Waals surface area contributed by atoms with Crippen LogP contribution in [-0.2, 0) is 18.6 Å². The largest absolute Gasteiger partial charge is 0.322 e. The predicted molar refractivity (Wildman–Crippen MR) is 138 cm³/mol. The predicted octanol–water partition coefficient (Wildman–Crippen LogP) is 4.91. The van der Waals surface area contributed by atoms with E-state index in [9.17, 15) is 4.79 Å². The molecule has 0 radical (unpaired) electrons. The lowest BCUT2D eigenvalue weighted by Gasteiger charge is -2.33. The first-order chi connectivity index (χ1) is 16.8. The minimum atomic E-state index is -0.219.